The van der Waals surface area contributed by atoms with Crippen LogP contribution >= 0.6 is 0 Å². The van der Waals surface area contributed by atoms with Crippen LogP contribution in [0.1, 0.15) is 56.3 Å². The number of hydrogen-bond acceptors (Lipinski definition) is 2. The number of carbonyl (C=O) groups is 1. The summed E-state index contributed by atoms with van der Waals surface area (Å²) in [5.74, 6) is 0.137. The van der Waals surface area contributed by atoms with E-state index < -0.39 is 5.82 Å². The van der Waals surface area contributed by atoms with Crippen LogP contribution in [-0.4, -0.2) is 19.5 Å². The highest BCUT2D eigenvalue weighted by molar-refractivity contribution is 5.99. The van der Waals surface area contributed by atoms with E-state index in [0.717, 1.165) is 18.8 Å². The van der Waals surface area contributed by atoms with Crippen molar-refractivity contribution in [2.75, 3.05) is 18.9 Å². The number of rotatable bonds is 9. The van der Waals surface area contributed by atoms with Gasteiger partial charge in [0.1, 0.15) is 5.82 Å². The molecule has 4 heteroatoms. The maximum atomic E-state index is 13.6. The lowest BCUT2D eigenvalue weighted by molar-refractivity contribution is 0.0953. The van der Waals surface area contributed by atoms with Crippen LogP contribution in [-0.2, 0) is 0 Å². The van der Waals surface area contributed by atoms with Gasteiger partial charge in [-0.05, 0) is 24.5 Å². The van der Waals surface area contributed by atoms with E-state index in [0.29, 0.717) is 12.1 Å². The average molecular weight is 294 g/mol. The molecule has 2 N–H and O–H groups in total. The summed E-state index contributed by atoms with van der Waals surface area (Å²) in [6, 6.07) is 4.53. The van der Waals surface area contributed by atoms with Gasteiger partial charge in [0.05, 0.1) is 11.3 Å². The quantitative estimate of drug-likeness (QED) is 0.670. The largest absolute Gasteiger partial charge is 0.385 e. The third-order valence-electron chi connectivity index (χ3n) is 3.50. The Kier molecular flexibility index (Phi) is 7.80. The number of carbonyl (C=O) groups excluding carboxylic acids is 1. The molecule has 1 amide bonds. The van der Waals surface area contributed by atoms with Gasteiger partial charge in [0, 0.05) is 13.6 Å². The lowest BCUT2D eigenvalue weighted by Crippen LogP contribution is -2.25. The fourth-order valence-electron chi connectivity index (χ4n) is 2.30. The van der Waals surface area contributed by atoms with E-state index in [4.69, 9.17) is 0 Å². The zero-order valence-electron chi connectivity index (χ0n) is 13.3. The Hall–Kier alpha value is -1.58. The third-order valence-corrected chi connectivity index (χ3v) is 3.50. The van der Waals surface area contributed by atoms with Gasteiger partial charge in [0.25, 0.3) is 5.91 Å². The van der Waals surface area contributed by atoms with Gasteiger partial charge < -0.3 is 10.6 Å². The Balaban J connectivity index is 2.30. The lowest BCUT2D eigenvalue weighted by atomic mass is 10.0. The molecule has 0 radical (unpaired) electrons. The second kappa shape index (κ2) is 9.37. The normalized spacial score (nSPS) is 10.7. The van der Waals surface area contributed by atoms with Gasteiger partial charge in [-0.15, -0.1) is 0 Å². The highest BCUT2D eigenvalue weighted by Crippen LogP contribution is 2.19. The van der Waals surface area contributed by atoms with Crippen molar-refractivity contribution in [1.82, 2.24) is 5.32 Å². The number of anilines is 1. The predicted molar refractivity (Wildman–Crippen MR) is 86.2 cm³/mol. The number of hydrogen-bond donors (Lipinski definition) is 2. The van der Waals surface area contributed by atoms with E-state index in [1.54, 1.807) is 19.2 Å². The Morgan fingerprint density at radius 2 is 1.90 bits per heavy atom. The minimum atomic E-state index is -0.404. The first kappa shape index (κ1) is 17.5. The van der Waals surface area contributed by atoms with E-state index >= 15 is 0 Å². The molecule has 1 rings (SSSR count). The maximum absolute atomic E-state index is 13.6. The molecule has 0 bridgehead atoms. The first-order valence-electron chi connectivity index (χ1n) is 7.80. The summed E-state index contributed by atoms with van der Waals surface area (Å²) in [5.41, 5.74) is 0.615. The summed E-state index contributed by atoms with van der Waals surface area (Å²) in [7, 11) is 1.61. The molecule has 0 unspecified atom stereocenters. The van der Waals surface area contributed by atoms with E-state index in [2.05, 4.69) is 24.5 Å². The molecular weight excluding hydrogens is 267 g/mol. The third kappa shape index (κ3) is 6.15. The molecule has 0 aliphatic heterocycles. The molecule has 0 saturated carbocycles. The van der Waals surface area contributed by atoms with Gasteiger partial charge >= 0.3 is 0 Å². The van der Waals surface area contributed by atoms with Gasteiger partial charge in [-0.3, -0.25) is 4.79 Å². The molecule has 0 fully saturated rings. The van der Waals surface area contributed by atoms with E-state index in [1.807, 2.05) is 0 Å². The van der Waals surface area contributed by atoms with E-state index in [9.17, 15) is 9.18 Å². The van der Waals surface area contributed by atoms with Gasteiger partial charge in [-0.2, -0.15) is 0 Å². The van der Waals surface area contributed by atoms with Crippen LogP contribution < -0.4 is 10.6 Å². The molecule has 1 aromatic carbocycles. The van der Waals surface area contributed by atoms with Crippen molar-refractivity contribution in [3.8, 4) is 0 Å². The topological polar surface area (TPSA) is 41.1 Å². The second-order valence-corrected chi connectivity index (χ2v) is 5.77. The zero-order chi connectivity index (χ0) is 15.7. The molecule has 118 valence electrons. The summed E-state index contributed by atoms with van der Waals surface area (Å²) < 4.78 is 13.6. The van der Waals surface area contributed by atoms with Gasteiger partial charge in [-0.25, -0.2) is 4.39 Å². The van der Waals surface area contributed by atoms with Crippen LogP contribution in [0.25, 0.3) is 0 Å². The van der Waals surface area contributed by atoms with Crippen molar-refractivity contribution in [3.05, 3.63) is 29.6 Å². The minimum absolute atomic E-state index is 0.221. The first-order valence-corrected chi connectivity index (χ1v) is 7.80. The SMILES string of the molecule is CNc1c(F)cccc1C(=O)NCCCCCCC(C)C. The first-order chi connectivity index (χ1) is 10.1. The smallest absolute Gasteiger partial charge is 0.253 e. The summed E-state index contributed by atoms with van der Waals surface area (Å²) in [6.07, 6.45) is 5.81. The Bertz CT molecular complexity index is 446. The molecule has 0 saturated heterocycles. The number of unbranched alkanes of at least 4 members (excludes halogenated alkanes) is 3. The number of para-hydroxylation sites is 1. The van der Waals surface area contributed by atoms with Gasteiger partial charge in [-0.1, -0.05) is 45.6 Å². The monoisotopic (exact) mass is 294 g/mol. The number of benzene rings is 1. The average Bonchev–Trinajstić information content (AvgIpc) is 2.45. The van der Waals surface area contributed by atoms with Crippen LogP contribution in [0.15, 0.2) is 18.2 Å². The second-order valence-electron chi connectivity index (χ2n) is 5.77. The Morgan fingerprint density at radius 1 is 1.19 bits per heavy atom. The zero-order valence-corrected chi connectivity index (χ0v) is 13.3. The van der Waals surface area contributed by atoms with Gasteiger partial charge in [0.15, 0.2) is 0 Å². The van der Waals surface area contributed by atoms with E-state index in [-0.39, 0.29) is 11.6 Å². The summed E-state index contributed by atoms with van der Waals surface area (Å²) in [5, 5.41) is 5.59. The molecular formula is C17H27FN2O. The molecule has 0 aliphatic carbocycles. The minimum Gasteiger partial charge on any atom is -0.385 e. The Morgan fingerprint density at radius 3 is 2.57 bits per heavy atom. The molecule has 0 aliphatic rings. The standard InChI is InChI=1S/C17H27FN2O/c1-13(2)9-6-4-5-7-12-20-17(21)14-10-8-11-15(18)16(14)19-3/h8,10-11,13,19H,4-7,9,12H2,1-3H3,(H,20,21). The molecule has 1 aromatic rings. The molecule has 3 nitrogen and oxygen atoms in total. The Labute approximate surface area is 127 Å². The van der Waals surface area contributed by atoms with E-state index in [1.165, 1.54) is 25.3 Å². The van der Waals surface area contributed by atoms with Crippen molar-refractivity contribution in [2.45, 2.75) is 46.0 Å². The van der Waals surface area contributed by atoms with Crippen LogP contribution in [0.5, 0.6) is 0 Å². The predicted octanol–water partition coefficient (Wildman–Crippen LogP) is 4.20. The number of amides is 1. The van der Waals surface area contributed by atoms with Crippen molar-refractivity contribution >= 4 is 11.6 Å². The van der Waals surface area contributed by atoms with Crippen molar-refractivity contribution in [1.29, 1.82) is 0 Å². The fraction of sp³-hybridized carbons (Fsp3) is 0.588. The van der Waals surface area contributed by atoms with Crippen molar-refractivity contribution in [3.63, 3.8) is 0 Å². The number of halogens is 1. The van der Waals surface area contributed by atoms with Crippen molar-refractivity contribution < 1.29 is 9.18 Å². The van der Waals surface area contributed by atoms with Crippen LogP contribution in [0, 0.1) is 11.7 Å². The molecule has 0 aromatic heterocycles. The van der Waals surface area contributed by atoms with Crippen molar-refractivity contribution in [2.24, 2.45) is 5.92 Å². The number of nitrogens with one attached hydrogen (secondary N) is 2. The lowest BCUT2D eigenvalue weighted by Gasteiger charge is -2.10. The van der Waals surface area contributed by atoms with Crippen LogP contribution in [0.2, 0.25) is 0 Å². The van der Waals surface area contributed by atoms with Crippen LogP contribution in [0.4, 0.5) is 10.1 Å². The van der Waals surface area contributed by atoms with Gasteiger partial charge in [0.2, 0.25) is 0 Å². The van der Waals surface area contributed by atoms with Crippen LogP contribution in [0.3, 0.4) is 0 Å². The summed E-state index contributed by atoms with van der Waals surface area (Å²) in [4.78, 5) is 12.0. The molecule has 21 heavy (non-hydrogen) atoms. The highest BCUT2D eigenvalue weighted by atomic mass is 19.1. The maximum Gasteiger partial charge on any atom is 0.253 e. The highest BCUT2D eigenvalue weighted by Gasteiger charge is 2.13. The summed E-state index contributed by atoms with van der Waals surface area (Å²) in [6.45, 7) is 5.11. The summed E-state index contributed by atoms with van der Waals surface area (Å²) >= 11 is 0. The molecule has 0 spiro atoms. The molecule has 0 atom stereocenters. The fourth-order valence-corrected chi connectivity index (χ4v) is 2.30. The molecule has 0 heterocycles.